The topological polar surface area (TPSA) is 24.1 Å². The van der Waals surface area contributed by atoms with Gasteiger partial charge in [0.1, 0.15) is 0 Å². The fraction of sp³-hybridized carbons (Fsp3) is 0.625. The molecule has 0 bridgehead atoms. The number of nitrogens with one attached hydrogen (secondary N) is 2. The van der Waals surface area contributed by atoms with Crippen molar-refractivity contribution < 1.29 is 0 Å². The van der Waals surface area contributed by atoms with Gasteiger partial charge in [-0.25, -0.2) is 0 Å². The Kier molecular flexibility index (Phi) is 2.95. The summed E-state index contributed by atoms with van der Waals surface area (Å²) in [5.41, 5.74) is 4.88. The minimum Gasteiger partial charge on any atom is -0.311 e. The summed E-state index contributed by atoms with van der Waals surface area (Å²) in [4.78, 5) is 0. The fourth-order valence-corrected chi connectivity index (χ4v) is 3.48. The van der Waals surface area contributed by atoms with E-state index in [-0.39, 0.29) is 5.41 Å². The van der Waals surface area contributed by atoms with Crippen LogP contribution in [0.25, 0.3) is 0 Å². The molecular formula is C16H24N2. The highest BCUT2D eigenvalue weighted by molar-refractivity contribution is 5.44. The summed E-state index contributed by atoms with van der Waals surface area (Å²) in [6.45, 7) is 9.15. The lowest BCUT2D eigenvalue weighted by Gasteiger charge is -2.41. The van der Waals surface area contributed by atoms with Crippen LogP contribution in [-0.4, -0.2) is 19.1 Å². The number of hydrogen-bond acceptors (Lipinski definition) is 2. The van der Waals surface area contributed by atoms with Crippen LogP contribution in [0.1, 0.15) is 49.9 Å². The number of fused-ring (bicyclic) bond motifs is 3. The quantitative estimate of drug-likeness (QED) is 0.733. The highest BCUT2D eigenvalue weighted by Gasteiger charge is 2.34. The molecule has 2 atom stereocenters. The van der Waals surface area contributed by atoms with E-state index in [1.807, 2.05) is 0 Å². The summed E-state index contributed by atoms with van der Waals surface area (Å²) < 4.78 is 0. The predicted octanol–water partition coefficient (Wildman–Crippen LogP) is 2.53. The molecule has 0 saturated carbocycles. The lowest BCUT2D eigenvalue weighted by atomic mass is 9.74. The van der Waals surface area contributed by atoms with Crippen LogP contribution in [0.4, 0.5) is 0 Å². The van der Waals surface area contributed by atoms with Crippen LogP contribution < -0.4 is 10.6 Å². The highest BCUT2D eigenvalue weighted by atomic mass is 15.1. The van der Waals surface area contributed by atoms with Crippen molar-refractivity contribution in [1.29, 1.82) is 0 Å². The van der Waals surface area contributed by atoms with Crippen molar-refractivity contribution in [2.24, 2.45) is 0 Å². The molecule has 1 aromatic rings. The first kappa shape index (κ1) is 12.2. The molecule has 1 heterocycles. The van der Waals surface area contributed by atoms with E-state index in [4.69, 9.17) is 0 Å². The second kappa shape index (κ2) is 4.36. The van der Waals surface area contributed by atoms with Crippen LogP contribution in [0.2, 0.25) is 0 Å². The zero-order valence-electron chi connectivity index (χ0n) is 11.7. The van der Waals surface area contributed by atoms with Gasteiger partial charge in [0.2, 0.25) is 0 Å². The molecule has 1 fully saturated rings. The van der Waals surface area contributed by atoms with Gasteiger partial charge in [-0.2, -0.15) is 0 Å². The van der Waals surface area contributed by atoms with E-state index in [0.29, 0.717) is 12.1 Å². The Bertz CT molecular complexity index is 445. The maximum atomic E-state index is 3.73. The van der Waals surface area contributed by atoms with Gasteiger partial charge in [-0.3, -0.25) is 0 Å². The molecule has 0 spiro atoms. The van der Waals surface area contributed by atoms with Gasteiger partial charge < -0.3 is 10.6 Å². The van der Waals surface area contributed by atoms with Gasteiger partial charge in [0.25, 0.3) is 0 Å². The minimum atomic E-state index is 0.229. The number of hydrogen-bond donors (Lipinski definition) is 2. The Morgan fingerprint density at radius 1 is 1.11 bits per heavy atom. The van der Waals surface area contributed by atoms with Gasteiger partial charge in [0.15, 0.2) is 0 Å². The van der Waals surface area contributed by atoms with Crippen LogP contribution in [-0.2, 0) is 11.8 Å². The number of piperazine rings is 1. The van der Waals surface area contributed by atoms with Crippen molar-refractivity contribution in [1.82, 2.24) is 10.6 Å². The Labute approximate surface area is 110 Å². The first-order chi connectivity index (χ1) is 8.57. The van der Waals surface area contributed by atoms with Crippen LogP contribution >= 0.6 is 0 Å². The molecule has 1 aliphatic carbocycles. The molecule has 2 nitrogen and oxygen atoms in total. The first-order valence-corrected chi connectivity index (χ1v) is 7.16. The Hall–Kier alpha value is -0.860. The van der Waals surface area contributed by atoms with E-state index in [9.17, 15) is 0 Å². The van der Waals surface area contributed by atoms with Crippen molar-refractivity contribution in [3.8, 4) is 0 Å². The molecule has 98 valence electrons. The molecule has 2 unspecified atom stereocenters. The van der Waals surface area contributed by atoms with E-state index in [0.717, 1.165) is 13.1 Å². The summed E-state index contributed by atoms with van der Waals surface area (Å²) in [5.74, 6) is 0. The van der Waals surface area contributed by atoms with Crippen LogP contribution in [0.15, 0.2) is 18.2 Å². The third-order valence-electron chi connectivity index (χ3n) is 4.34. The van der Waals surface area contributed by atoms with E-state index < -0.39 is 0 Å². The van der Waals surface area contributed by atoms with Gasteiger partial charge in [-0.1, -0.05) is 39.0 Å². The fourth-order valence-electron chi connectivity index (χ4n) is 3.48. The molecular weight excluding hydrogens is 220 g/mol. The molecule has 1 aliphatic heterocycles. The maximum Gasteiger partial charge on any atom is 0.0482 e. The van der Waals surface area contributed by atoms with Gasteiger partial charge in [-0.05, 0) is 34.9 Å². The SMILES string of the molecule is CC(C)(C)c1cccc2c1C1NCCNC1CC2. The monoisotopic (exact) mass is 244 g/mol. The third-order valence-corrected chi connectivity index (χ3v) is 4.34. The smallest absolute Gasteiger partial charge is 0.0482 e. The number of rotatable bonds is 0. The van der Waals surface area contributed by atoms with Gasteiger partial charge in [0.05, 0.1) is 0 Å². The van der Waals surface area contributed by atoms with Crippen LogP contribution in [0, 0.1) is 0 Å². The molecule has 1 saturated heterocycles. The zero-order chi connectivity index (χ0) is 12.8. The predicted molar refractivity (Wildman–Crippen MR) is 76.0 cm³/mol. The van der Waals surface area contributed by atoms with Crippen LogP contribution in [0.5, 0.6) is 0 Å². The van der Waals surface area contributed by atoms with Gasteiger partial charge >= 0.3 is 0 Å². The largest absolute Gasteiger partial charge is 0.311 e. The van der Waals surface area contributed by atoms with E-state index in [2.05, 4.69) is 49.6 Å². The van der Waals surface area contributed by atoms with Crippen LogP contribution in [0.3, 0.4) is 0 Å². The summed E-state index contributed by atoms with van der Waals surface area (Å²) in [6.07, 6.45) is 2.48. The van der Waals surface area contributed by atoms with Gasteiger partial charge in [0, 0.05) is 25.2 Å². The molecule has 3 rings (SSSR count). The minimum absolute atomic E-state index is 0.229. The van der Waals surface area contributed by atoms with E-state index in [1.54, 1.807) is 11.1 Å². The number of aryl methyl sites for hydroxylation is 1. The second-order valence-electron chi connectivity index (χ2n) is 6.66. The van der Waals surface area contributed by atoms with Crippen molar-refractivity contribution in [2.45, 2.75) is 51.1 Å². The zero-order valence-corrected chi connectivity index (χ0v) is 11.7. The Balaban J connectivity index is 2.10. The summed E-state index contributed by atoms with van der Waals surface area (Å²) >= 11 is 0. The average Bonchev–Trinajstić information content (AvgIpc) is 2.36. The standard InChI is InChI=1S/C16H24N2/c1-16(2,3)12-6-4-5-11-7-8-13-15(14(11)12)18-10-9-17-13/h4-6,13,15,17-18H,7-10H2,1-3H3. The lowest BCUT2D eigenvalue weighted by Crippen LogP contribution is -2.53. The molecule has 0 amide bonds. The van der Waals surface area contributed by atoms with Crippen molar-refractivity contribution in [3.63, 3.8) is 0 Å². The highest BCUT2D eigenvalue weighted by Crippen LogP contribution is 2.38. The van der Waals surface area contributed by atoms with E-state index >= 15 is 0 Å². The summed E-state index contributed by atoms with van der Waals surface area (Å²) in [6, 6.07) is 8.00. The molecule has 0 aromatic heterocycles. The first-order valence-electron chi connectivity index (χ1n) is 7.16. The molecule has 18 heavy (non-hydrogen) atoms. The lowest BCUT2D eigenvalue weighted by molar-refractivity contribution is 0.293. The second-order valence-corrected chi connectivity index (χ2v) is 6.66. The normalized spacial score (nSPS) is 27.5. The van der Waals surface area contributed by atoms with Crippen molar-refractivity contribution in [3.05, 3.63) is 34.9 Å². The van der Waals surface area contributed by atoms with Crippen molar-refractivity contribution in [2.75, 3.05) is 13.1 Å². The molecule has 1 aromatic carbocycles. The van der Waals surface area contributed by atoms with Crippen molar-refractivity contribution >= 4 is 0 Å². The van der Waals surface area contributed by atoms with E-state index in [1.165, 1.54) is 18.4 Å². The third kappa shape index (κ3) is 1.98. The molecule has 2 aliphatic rings. The molecule has 2 heteroatoms. The molecule has 2 N–H and O–H groups in total. The maximum absolute atomic E-state index is 3.73. The Morgan fingerprint density at radius 3 is 2.67 bits per heavy atom. The summed E-state index contributed by atoms with van der Waals surface area (Å²) in [5, 5.41) is 7.41. The average molecular weight is 244 g/mol. The molecule has 0 radical (unpaired) electrons. The van der Waals surface area contributed by atoms with Gasteiger partial charge in [-0.15, -0.1) is 0 Å². The Morgan fingerprint density at radius 2 is 1.89 bits per heavy atom. The number of benzene rings is 1. The summed E-state index contributed by atoms with van der Waals surface area (Å²) in [7, 11) is 0.